The maximum absolute atomic E-state index is 13.2. The first-order valence-electron chi connectivity index (χ1n) is 14.3. The molecule has 0 saturated carbocycles. The number of anilines is 4. The maximum Gasteiger partial charge on any atom is 0.255 e. The second-order valence-electron chi connectivity index (χ2n) is 10.1. The highest BCUT2D eigenvalue weighted by molar-refractivity contribution is 7.23. The molecule has 236 valence electrons. The van der Waals surface area contributed by atoms with E-state index >= 15 is 0 Å². The van der Waals surface area contributed by atoms with Crippen molar-refractivity contribution in [1.82, 2.24) is 9.97 Å². The van der Waals surface area contributed by atoms with Gasteiger partial charge in [-0.2, -0.15) is 0 Å². The summed E-state index contributed by atoms with van der Waals surface area (Å²) in [5.74, 6) is 1.38. The lowest BCUT2D eigenvalue weighted by Crippen LogP contribution is -2.13. The van der Waals surface area contributed by atoms with Crippen LogP contribution in [0.1, 0.15) is 26.3 Å². The molecule has 0 bridgehead atoms. The van der Waals surface area contributed by atoms with Crippen LogP contribution in [0.15, 0.2) is 96.4 Å². The van der Waals surface area contributed by atoms with Gasteiger partial charge in [0.05, 0.1) is 27.0 Å². The van der Waals surface area contributed by atoms with E-state index in [0.29, 0.717) is 61.3 Å². The molecule has 0 aliphatic heterocycles. The maximum atomic E-state index is 13.2. The summed E-state index contributed by atoms with van der Waals surface area (Å²) in [6.07, 6.45) is 0. The lowest BCUT2D eigenvalue weighted by Gasteiger charge is -2.14. The Hall–Kier alpha value is -5.72. The van der Waals surface area contributed by atoms with E-state index in [0.717, 1.165) is 16.1 Å². The number of thiazole rings is 2. The predicted octanol–water partition coefficient (Wildman–Crippen LogP) is 7.77. The molecule has 1 amide bonds. The number of nitrogen functional groups attached to an aromatic ring is 1. The predicted molar refractivity (Wildman–Crippen MR) is 187 cm³/mol. The van der Waals surface area contributed by atoms with Gasteiger partial charge in [-0.05, 0) is 24.3 Å². The average molecular weight is 664 g/mol. The highest BCUT2D eigenvalue weighted by Gasteiger charge is 2.18. The Balaban J connectivity index is 1.17. The van der Waals surface area contributed by atoms with E-state index in [1.54, 1.807) is 75.9 Å². The van der Waals surface area contributed by atoms with Crippen LogP contribution in [-0.2, 0) is 0 Å². The molecule has 0 radical (unpaired) electrons. The van der Waals surface area contributed by atoms with Gasteiger partial charge in [0.1, 0.15) is 15.7 Å². The minimum atomic E-state index is -0.326. The zero-order chi connectivity index (χ0) is 32.9. The fourth-order valence-corrected chi connectivity index (χ4v) is 6.68. The molecule has 0 spiro atoms. The number of amides is 1. The second-order valence-corrected chi connectivity index (χ2v) is 12.0. The Morgan fingerprint density at radius 1 is 0.745 bits per heavy atom. The smallest absolute Gasteiger partial charge is 0.255 e. The van der Waals surface area contributed by atoms with Gasteiger partial charge in [-0.25, -0.2) is 9.97 Å². The minimum absolute atomic E-state index is 0.146. The van der Waals surface area contributed by atoms with E-state index in [1.807, 2.05) is 41.8 Å². The van der Waals surface area contributed by atoms with Crippen LogP contribution in [-0.4, -0.2) is 43.0 Å². The van der Waals surface area contributed by atoms with Crippen molar-refractivity contribution in [1.29, 1.82) is 0 Å². The summed E-state index contributed by atoms with van der Waals surface area (Å²) in [6.45, 7) is 0. The third kappa shape index (κ3) is 6.78. The van der Waals surface area contributed by atoms with Crippen LogP contribution in [0.5, 0.6) is 17.2 Å². The van der Waals surface area contributed by atoms with Crippen LogP contribution in [0, 0.1) is 0 Å². The van der Waals surface area contributed by atoms with E-state index < -0.39 is 0 Å². The summed E-state index contributed by atoms with van der Waals surface area (Å²) in [5, 5.41) is 9.41. The van der Waals surface area contributed by atoms with Gasteiger partial charge >= 0.3 is 0 Å². The Kier molecular flexibility index (Phi) is 9.13. The molecule has 0 aliphatic carbocycles. The van der Waals surface area contributed by atoms with Crippen molar-refractivity contribution in [3.05, 3.63) is 113 Å². The number of carbonyl (C=O) groups is 2. The topological polar surface area (TPSA) is 138 Å². The van der Waals surface area contributed by atoms with Gasteiger partial charge in [0, 0.05) is 51.1 Å². The summed E-state index contributed by atoms with van der Waals surface area (Å²) in [5.41, 5.74) is 10.5. The molecule has 10 nitrogen and oxygen atoms in total. The first-order chi connectivity index (χ1) is 22.9. The zero-order valence-corrected chi connectivity index (χ0v) is 27.2. The summed E-state index contributed by atoms with van der Waals surface area (Å²) >= 11 is 2.81. The Morgan fingerprint density at radius 2 is 1.45 bits per heavy atom. The molecule has 12 heteroatoms. The normalized spacial score (nSPS) is 10.7. The Labute approximate surface area is 278 Å². The monoisotopic (exact) mass is 663 g/mol. The van der Waals surface area contributed by atoms with E-state index in [9.17, 15) is 9.59 Å². The highest BCUT2D eigenvalue weighted by Crippen LogP contribution is 2.43. The van der Waals surface area contributed by atoms with Gasteiger partial charge in [-0.1, -0.05) is 65.9 Å². The van der Waals surface area contributed by atoms with E-state index in [2.05, 4.69) is 15.6 Å². The molecule has 2 heterocycles. The molecule has 0 saturated heterocycles. The van der Waals surface area contributed by atoms with Crippen LogP contribution >= 0.6 is 22.7 Å². The first-order valence-corrected chi connectivity index (χ1v) is 16.0. The van der Waals surface area contributed by atoms with Crippen molar-refractivity contribution in [2.75, 3.05) is 37.7 Å². The van der Waals surface area contributed by atoms with Crippen LogP contribution in [0.3, 0.4) is 0 Å². The molecule has 0 fully saturated rings. The Morgan fingerprint density at radius 3 is 2.17 bits per heavy atom. The van der Waals surface area contributed by atoms with Crippen molar-refractivity contribution in [3.63, 3.8) is 0 Å². The molecule has 2 aromatic heterocycles. The summed E-state index contributed by atoms with van der Waals surface area (Å²) < 4.78 is 16.3. The van der Waals surface area contributed by atoms with Crippen molar-refractivity contribution >= 4 is 56.7 Å². The number of rotatable bonds is 11. The summed E-state index contributed by atoms with van der Waals surface area (Å²) in [7, 11) is 4.66. The number of hydrogen-bond acceptors (Lipinski definition) is 11. The average Bonchev–Trinajstić information content (AvgIpc) is 3.74. The Bertz CT molecular complexity index is 2050. The molecular formula is C35H29N5O5S2. The number of hydrogen-bond donors (Lipinski definition) is 3. The van der Waals surface area contributed by atoms with Crippen LogP contribution in [0.25, 0.3) is 21.1 Å². The molecule has 6 rings (SSSR count). The zero-order valence-electron chi connectivity index (χ0n) is 25.6. The SMILES string of the molecule is COc1cc(Nc2nc(N)c(-c3nc(-c4cccc(NC(=O)c5cccc(C(=O)c6ccccc6)c5)c4)cs3)s2)cc(OC)c1OC. The largest absolute Gasteiger partial charge is 0.493 e. The van der Waals surface area contributed by atoms with Gasteiger partial charge in [-0.3, -0.25) is 9.59 Å². The van der Waals surface area contributed by atoms with Crippen molar-refractivity contribution in [2.24, 2.45) is 0 Å². The minimum Gasteiger partial charge on any atom is -0.493 e. The molecule has 0 aliphatic rings. The summed E-state index contributed by atoms with van der Waals surface area (Å²) in [4.78, 5) is 36.1. The second kappa shape index (κ2) is 13.7. The lowest BCUT2D eigenvalue weighted by atomic mass is 10.0. The lowest BCUT2D eigenvalue weighted by molar-refractivity contribution is 0.102. The summed E-state index contributed by atoms with van der Waals surface area (Å²) in [6, 6.07) is 26.6. The standard InChI is InChI=1S/C35H29N5O5S2/c1-43-27-17-25(18-28(44-2)30(27)45-3)38-35-40-32(36)31(47-35)34-39-26(19-46-34)21-11-8-14-24(16-21)37-33(42)23-13-7-12-22(15-23)29(41)20-9-5-4-6-10-20/h4-19H,36H2,1-3H3,(H,37,42)(H,38,40). The first kappa shape index (κ1) is 31.3. The number of benzene rings is 4. The molecule has 0 atom stereocenters. The van der Waals surface area contributed by atoms with Gasteiger partial charge in [-0.15, -0.1) is 11.3 Å². The number of methoxy groups -OCH3 is 3. The number of nitrogens with one attached hydrogen (secondary N) is 2. The van der Waals surface area contributed by atoms with Crippen LogP contribution in [0.2, 0.25) is 0 Å². The van der Waals surface area contributed by atoms with Gasteiger partial charge in [0.2, 0.25) is 5.75 Å². The molecule has 0 unspecified atom stereocenters. The van der Waals surface area contributed by atoms with Crippen LogP contribution < -0.4 is 30.6 Å². The van der Waals surface area contributed by atoms with Gasteiger partial charge in [0.15, 0.2) is 22.4 Å². The van der Waals surface area contributed by atoms with E-state index in [-0.39, 0.29) is 11.7 Å². The number of carbonyl (C=O) groups excluding carboxylic acids is 2. The van der Waals surface area contributed by atoms with E-state index in [4.69, 9.17) is 24.9 Å². The molecule has 47 heavy (non-hydrogen) atoms. The van der Waals surface area contributed by atoms with Gasteiger partial charge < -0.3 is 30.6 Å². The third-order valence-corrected chi connectivity index (χ3v) is 9.09. The van der Waals surface area contributed by atoms with E-state index in [1.165, 1.54) is 22.7 Å². The highest BCUT2D eigenvalue weighted by atomic mass is 32.1. The number of ketones is 1. The number of ether oxygens (including phenoxy) is 3. The number of aromatic nitrogens is 2. The fourth-order valence-electron chi connectivity index (χ4n) is 4.84. The molecule has 4 aromatic carbocycles. The van der Waals surface area contributed by atoms with Crippen molar-refractivity contribution in [3.8, 4) is 38.4 Å². The molecule has 4 N–H and O–H groups in total. The van der Waals surface area contributed by atoms with Gasteiger partial charge in [0.25, 0.3) is 5.91 Å². The third-order valence-electron chi connectivity index (χ3n) is 7.11. The quantitative estimate of drug-likeness (QED) is 0.119. The molecular weight excluding hydrogens is 635 g/mol. The van der Waals surface area contributed by atoms with Crippen molar-refractivity contribution in [2.45, 2.75) is 0 Å². The fraction of sp³-hybridized carbons (Fsp3) is 0.0857. The number of nitrogens with zero attached hydrogens (tertiary/aromatic N) is 2. The number of nitrogens with two attached hydrogens (primary N) is 1. The molecule has 6 aromatic rings. The van der Waals surface area contributed by atoms with Crippen molar-refractivity contribution < 1.29 is 23.8 Å². The van der Waals surface area contributed by atoms with Crippen LogP contribution in [0.4, 0.5) is 22.3 Å².